The van der Waals surface area contributed by atoms with Crippen LogP contribution in [0.4, 0.5) is 0 Å². The molecule has 0 aliphatic carbocycles. The lowest BCUT2D eigenvalue weighted by molar-refractivity contribution is -0.142. The molecule has 1 aliphatic rings. The molecule has 110 valence electrons. The average molecular weight is 383 g/mol. The quantitative estimate of drug-likeness (QED) is 0.872. The van der Waals surface area contributed by atoms with Gasteiger partial charge in [0.2, 0.25) is 10.0 Å². The Morgan fingerprint density at radius 1 is 1.45 bits per heavy atom. The summed E-state index contributed by atoms with van der Waals surface area (Å²) in [6.07, 6.45) is 1.03. The maximum absolute atomic E-state index is 12.5. The summed E-state index contributed by atoms with van der Waals surface area (Å²) in [5, 5.41) is 9.15. The molecule has 1 N–H and O–H groups in total. The second-order valence-corrected chi connectivity index (χ2v) is 7.84. The van der Waals surface area contributed by atoms with E-state index in [2.05, 4.69) is 15.9 Å². The lowest BCUT2D eigenvalue weighted by Crippen LogP contribution is -2.42. The third-order valence-electron chi connectivity index (χ3n) is 3.25. The Bertz CT molecular complexity index is 634. The highest BCUT2D eigenvalue weighted by Crippen LogP contribution is 2.30. The highest BCUT2D eigenvalue weighted by molar-refractivity contribution is 9.10. The molecule has 0 bridgehead atoms. The number of nitrogens with zero attached hydrogens (tertiary/aromatic N) is 1. The van der Waals surface area contributed by atoms with Gasteiger partial charge in [0.05, 0.1) is 10.9 Å². The minimum Gasteiger partial charge on any atom is -0.481 e. The Morgan fingerprint density at radius 3 is 2.75 bits per heavy atom. The molecule has 0 aromatic heterocycles. The summed E-state index contributed by atoms with van der Waals surface area (Å²) in [6, 6.07) is 4.52. The second kappa shape index (κ2) is 6.01. The summed E-state index contributed by atoms with van der Waals surface area (Å²) >= 11 is 9.20. The number of aliphatic carboxylic acids is 1. The Balaban J connectivity index is 2.32. The van der Waals surface area contributed by atoms with Gasteiger partial charge in [-0.3, -0.25) is 4.79 Å². The molecule has 1 unspecified atom stereocenters. The first-order chi connectivity index (χ1) is 9.32. The number of hydrogen-bond acceptors (Lipinski definition) is 3. The number of carboxylic acid groups (broad SMARTS) is 1. The average Bonchev–Trinajstić information content (AvgIpc) is 2.38. The van der Waals surface area contributed by atoms with Crippen molar-refractivity contribution < 1.29 is 18.3 Å². The van der Waals surface area contributed by atoms with Gasteiger partial charge in [-0.15, -0.1) is 0 Å². The molecule has 0 saturated carbocycles. The molecule has 1 atom stereocenters. The van der Waals surface area contributed by atoms with Gasteiger partial charge in [-0.2, -0.15) is 4.31 Å². The zero-order valence-electron chi connectivity index (χ0n) is 10.4. The number of hydrogen-bond donors (Lipinski definition) is 1. The molecule has 20 heavy (non-hydrogen) atoms. The predicted octanol–water partition coefficient (Wildman–Crippen LogP) is 2.59. The van der Waals surface area contributed by atoms with E-state index in [0.717, 1.165) is 0 Å². The van der Waals surface area contributed by atoms with Crippen molar-refractivity contribution >= 4 is 43.5 Å². The molecule has 5 nitrogen and oxygen atoms in total. The highest BCUT2D eigenvalue weighted by Gasteiger charge is 2.34. The largest absolute Gasteiger partial charge is 0.481 e. The molecule has 8 heteroatoms. The van der Waals surface area contributed by atoms with Gasteiger partial charge in [0, 0.05) is 17.6 Å². The van der Waals surface area contributed by atoms with Crippen LogP contribution < -0.4 is 0 Å². The van der Waals surface area contributed by atoms with Crippen molar-refractivity contribution in [2.75, 3.05) is 13.1 Å². The van der Waals surface area contributed by atoms with E-state index in [1.807, 2.05) is 0 Å². The normalized spacial score (nSPS) is 20.8. The topological polar surface area (TPSA) is 74.7 Å². The van der Waals surface area contributed by atoms with Crippen molar-refractivity contribution in [3.05, 3.63) is 27.7 Å². The Morgan fingerprint density at radius 2 is 2.15 bits per heavy atom. The SMILES string of the molecule is O=C(O)C1CCCN(S(=O)(=O)c2ccc(Br)cc2Cl)C1. The lowest BCUT2D eigenvalue weighted by atomic mass is 10.0. The summed E-state index contributed by atoms with van der Waals surface area (Å²) in [5.41, 5.74) is 0. The van der Waals surface area contributed by atoms with Crippen LogP contribution in [0.3, 0.4) is 0 Å². The van der Waals surface area contributed by atoms with Crippen LogP contribution in [0.15, 0.2) is 27.6 Å². The first-order valence-corrected chi connectivity index (χ1v) is 8.61. The van der Waals surface area contributed by atoms with Gasteiger partial charge in [0.25, 0.3) is 0 Å². The summed E-state index contributed by atoms with van der Waals surface area (Å²) in [6.45, 7) is 0.308. The zero-order valence-corrected chi connectivity index (χ0v) is 13.6. The van der Waals surface area contributed by atoms with Crippen LogP contribution in [0.25, 0.3) is 0 Å². The number of halogens is 2. The van der Waals surface area contributed by atoms with Crippen LogP contribution >= 0.6 is 27.5 Å². The van der Waals surface area contributed by atoms with Crippen LogP contribution in [0.5, 0.6) is 0 Å². The summed E-state index contributed by atoms with van der Waals surface area (Å²) in [5.74, 6) is -1.63. The van der Waals surface area contributed by atoms with Gasteiger partial charge in [-0.1, -0.05) is 27.5 Å². The Hall–Kier alpha value is -0.630. The van der Waals surface area contributed by atoms with Gasteiger partial charge >= 0.3 is 5.97 Å². The van der Waals surface area contributed by atoms with Crippen LogP contribution in [-0.4, -0.2) is 36.9 Å². The smallest absolute Gasteiger partial charge is 0.307 e. The van der Waals surface area contributed by atoms with E-state index >= 15 is 0 Å². The van der Waals surface area contributed by atoms with Crippen LogP contribution in [0, 0.1) is 5.92 Å². The van der Waals surface area contributed by atoms with Crippen molar-refractivity contribution in [3.63, 3.8) is 0 Å². The molecular weight excluding hydrogens is 370 g/mol. The van der Waals surface area contributed by atoms with E-state index in [0.29, 0.717) is 23.9 Å². The Labute approximate surface area is 130 Å². The zero-order chi connectivity index (χ0) is 14.9. The minimum atomic E-state index is -3.76. The van der Waals surface area contributed by atoms with Gasteiger partial charge < -0.3 is 5.11 Å². The first kappa shape index (κ1) is 15.8. The fraction of sp³-hybridized carbons (Fsp3) is 0.417. The molecule has 0 amide bonds. The van der Waals surface area contributed by atoms with Crippen molar-refractivity contribution in [1.29, 1.82) is 0 Å². The van der Waals surface area contributed by atoms with E-state index in [1.165, 1.54) is 16.4 Å². The van der Waals surface area contributed by atoms with Gasteiger partial charge in [-0.05, 0) is 31.0 Å². The van der Waals surface area contributed by atoms with E-state index in [4.69, 9.17) is 16.7 Å². The molecule has 0 spiro atoms. The monoisotopic (exact) mass is 381 g/mol. The fourth-order valence-electron chi connectivity index (χ4n) is 2.19. The molecule has 1 fully saturated rings. The standard InChI is InChI=1S/C12H13BrClNO4S/c13-9-3-4-11(10(14)6-9)20(18,19)15-5-1-2-8(7-15)12(16)17/h3-4,6,8H,1-2,5,7H2,(H,16,17). The molecule has 1 heterocycles. The van der Waals surface area contributed by atoms with Crippen molar-refractivity contribution in [2.24, 2.45) is 5.92 Å². The molecule has 1 aromatic carbocycles. The van der Waals surface area contributed by atoms with Crippen LogP contribution in [0.1, 0.15) is 12.8 Å². The molecule has 1 aliphatic heterocycles. The predicted molar refractivity (Wildman–Crippen MR) is 78.3 cm³/mol. The summed E-state index contributed by atoms with van der Waals surface area (Å²) in [7, 11) is -3.76. The van der Waals surface area contributed by atoms with Gasteiger partial charge in [-0.25, -0.2) is 8.42 Å². The van der Waals surface area contributed by atoms with Crippen LogP contribution in [0.2, 0.25) is 5.02 Å². The first-order valence-electron chi connectivity index (χ1n) is 6.00. The number of rotatable bonds is 3. The molecular formula is C12H13BrClNO4S. The van der Waals surface area contributed by atoms with Gasteiger partial charge in [0.15, 0.2) is 0 Å². The van der Waals surface area contributed by atoms with Crippen molar-refractivity contribution in [1.82, 2.24) is 4.31 Å². The summed E-state index contributed by atoms with van der Waals surface area (Å²) < 4.78 is 26.9. The van der Waals surface area contributed by atoms with E-state index in [1.54, 1.807) is 6.07 Å². The van der Waals surface area contributed by atoms with Gasteiger partial charge in [0.1, 0.15) is 4.90 Å². The molecule has 0 radical (unpaired) electrons. The highest BCUT2D eigenvalue weighted by atomic mass is 79.9. The maximum atomic E-state index is 12.5. The lowest BCUT2D eigenvalue weighted by Gasteiger charge is -2.30. The van der Waals surface area contributed by atoms with Crippen LogP contribution in [-0.2, 0) is 14.8 Å². The second-order valence-electron chi connectivity index (χ2n) is 4.62. The minimum absolute atomic E-state index is 0.00778. The summed E-state index contributed by atoms with van der Waals surface area (Å²) in [4.78, 5) is 11.0. The number of benzene rings is 1. The molecule has 1 aromatic rings. The Kier molecular flexibility index (Phi) is 4.73. The molecule has 2 rings (SSSR count). The van der Waals surface area contributed by atoms with E-state index in [9.17, 15) is 13.2 Å². The molecule has 1 saturated heterocycles. The fourth-order valence-corrected chi connectivity index (χ4v) is 4.72. The number of sulfonamides is 1. The van der Waals surface area contributed by atoms with E-state index < -0.39 is 21.9 Å². The number of carbonyl (C=O) groups is 1. The number of carboxylic acids is 1. The van der Waals surface area contributed by atoms with E-state index in [-0.39, 0.29) is 16.5 Å². The van der Waals surface area contributed by atoms with Crippen molar-refractivity contribution in [2.45, 2.75) is 17.7 Å². The maximum Gasteiger partial charge on any atom is 0.307 e. The third-order valence-corrected chi connectivity index (χ3v) is 6.09. The van der Waals surface area contributed by atoms with Crippen molar-refractivity contribution in [3.8, 4) is 0 Å². The number of piperidine rings is 1. The third kappa shape index (κ3) is 3.16.